The van der Waals surface area contributed by atoms with Crippen LogP contribution in [0.2, 0.25) is 0 Å². The van der Waals surface area contributed by atoms with Crippen molar-refractivity contribution in [2.75, 3.05) is 7.11 Å². The van der Waals surface area contributed by atoms with E-state index in [1.165, 1.54) is 38.1 Å². The average Bonchev–Trinajstić information content (AvgIpc) is 2.92. The molecule has 17 heteroatoms. The van der Waals surface area contributed by atoms with Gasteiger partial charge < -0.3 is 57.9 Å². The number of rotatable bonds is 16. The number of amides is 5. The first-order valence-corrected chi connectivity index (χ1v) is 13.1. The Hall–Kier alpha value is -4.32. The second kappa shape index (κ2) is 17.0. The molecule has 8 atom stereocenters. The molecule has 5 amide bonds. The van der Waals surface area contributed by atoms with Gasteiger partial charge >= 0.3 is 5.97 Å². The van der Waals surface area contributed by atoms with Crippen LogP contribution in [-0.4, -0.2) is 112 Å². The smallest absolute Gasteiger partial charge is 0.331 e. The number of aromatic hydroxyl groups is 1. The summed E-state index contributed by atoms with van der Waals surface area (Å²) in [5, 5.41) is 48.1. The van der Waals surface area contributed by atoms with Crippen LogP contribution in [0.5, 0.6) is 5.75 Å². The van der Waals surface area contributed by atoms with Gasteiger partial charge in [0.05, 0.1) is 31.8 Å². The van der Waals surface area contributed by atoms with E-state index in [0.717, 1.165) is 14.0 Å². The molecule has 0 saturated heterocycles. The molecule has 1 aromatic rings. The maximum Gasteiger partial charge on any atom is 0.331 e. The van der Waals surface area contributed by atoms with Gasteiger partial charge in [0.25, 0.3) is 0 Å². The molecule has 1 rings (SSSR count). The zero-order chi connectivity index (χ0) is 33.0. The lowest BCUT2D eigenvalue weighted by Gasteiger charge is -2.27. The molecule has 0 spiro atoms. The Balaban J connectivity index is 3.29. The lowest BCUT2D eigenvalue weighted by molar-refractivity contribution is -0.148. The van der Waals surface area contributed by atoms with Crippen molar-refractivity contribution in [2.24, 2.45) is 11.5 Å². The third-order valence-corrected chi connectivity index (χ3v) is 6.17. The van der Waals surface area contributed by atoms with E-state index in [0.29, 0.717) is 5.56 Å². The number of esters is 1. The van der Waals surface area contributed by atoms with Crippen molar-refractivity contribution in [1.29, 1.82) is 0 Å². The topological polar surface area (TPSA) is 293 Å². The van der Waals surface area contributed by atoms with Crippen LogP contribution in [0, 0.1) is 0 Å². The largest absolute Gasteiger partial charge is 0.508 e. The molecule has 0 heterocycles. The Morgan fingerprint density at radius 1 is 0.744 bits per heavy atom. The summed E-state index contributed by atoms with van der Waals surface area (Å²) in [5.74, 6) is -6.24. The van der Waals surface area contributed by atoms with E-state index in [-0.39, 0.29) is 12.2 Å². The zero-order valence-corrected chi connectivity index (χ0v) is 24.1. The van der Waals surface area contributed by atoms with Gasteiger partial charge in [0.15, 0.2) is 6.04 Å². The molecule has 0 bridgehead atoms. The molecule has 43 heavy (non-hydrogen) atoms. The van der Waals surface area contributed by atoms with Crippen molar-refractivity contribution < 1.29 is 53.9 Å². The maximum absolute atomic E-state index is 13.3. The van der Waals surface area contributed by atoms with Crippen molar-refractivity contribution >= 4 is 35.5 Å². The SMILES string of the molecule is COC(=O)[C@@H](NC(=O)[C@H](Cc1ccc(O)cc1)NC(=O)[C@H](CC(N)=O)NC(=O)[C@@H](NC(=O)[C@@H](N)[C@@H](C)O)[C@@H](C)O)[C@@H](C)O. The number of primary amides is 1. The zero-order valence-electron chi connectivity index (χ0n) is 24.1. The second-order valence-electron chi connectivity index (χ2n) is 9.91. The molecule has 0 aliphatic rings. The predicted octanol–water partition coefficient (Wildman–Crippen LogP) is -4.61. The molecule has 240 valence electrons. The summed E-state index contributed by atoms with van der Waals surface area (Å²) in [4.78, 5) is 75.6. The number of carbonyl (C=O) groups excluding carboxylic acids is 6. The molecule has 0 fully saturated rings. The molecule has 1 aromatic carbocycles. The number of carbonyl (C=O) groups is 6. The van der Waals surface area contributed by atoms with Crippen molar-refractivity contribution in [2.45, 2.75) is 82.1 Å². The van der Waals surface area contributed by atoms with Crippen molar-refractivity contribution in [1.82, 2.24) is 21.3 Å². The van der Waals surface area contributed by atoms with E-state index >= 15 is 0 Å². The maximum atomic E-state index is 13.3. The first-order valence-electron chi connectivity index (χ1n) is 13.1. The average molecular weight is 613 g/mol. The highest BCUT2D eigenvalue weighted by Gasteiger charge is 2.35. The van der Waals surface area contributed by atoms with Crippen molar-refractivity contribution in [3.05, 3.63) is 29.8 Å². The van der Waals surface area contributed by atoms with Crippen LogP contribution in [0.15, 0.2) is 24.3 Å². The summed E-state index contributed by atoms with van der Waals surface area (Å²) in [7, 11) is 1.04. The van der Waals surface area contributed by atoms with Gasteiger partial charge in [-0.3, -0.25) is 24.0 Å². The van der Waals surface area contributed by atoms with E-state index in [4.69, 9.17) is 11.5 Å². The molecule has 0 aliphatic carbocycles. The third kappa shape index (κ3) is 11.8. The van der Waals surface area contributed by atoms with Gasteiger partial charge in [-0.1, -0.05) is 12.1 Å². The highest BCUT2D eigenvalue weighted by atomic mass is 16.5. The van der Waals surface area contributed by atoms with Crippen LogP contribution in [0.4, 0.5) is 0 Å². The van der Waals surface area contributed by atoms with Crippen LogP contribution in [0.1, 0.15) is 32.8 Å². The fourth-order valence-electron chi connectivity index (χ4n) is 3.65. The van der Waals surface area contributed by atoms with Crippen LogP contribution in [-0.2, 0) is 39.9 Å². The summed E-state index contributed by atoms with van der Waals surface area (Å²) < 4.78 is 4.59. The number of aliphatic hydroxyl groups is 3. The van der Waals surface area contributed by atoms with E-state index in [2.05, 4.69) is 26.0 Å². The highest BCUT2D eigenvalue weighted by molar-refractivity contribution is 5.97. The molecule has 0 aliphatic heterocycles. The Bertz CT molecular complexity index is 1140. The number of benzene rings is 1. The van der Waals surface area contributed by atoms with Crippen molar-refractivity contribution in [3.8, 4) is 5.75 Å². The molecular formula is C26H40N6O11. The fourth-order valence-corrected chi connectivity index (χ4v) is 3.65. The van der Waals surface area contributed by atoms with Crippen LogP contribution in [0.25, 0.3) is 0 Å². The molecule has 12 N–H and O–H groups in total. The molecular weight excluding hydrogens is 572 g/mol. The lowest BCUT2D eigenvalue weighted by atomic mass is 10.0. The summed E-state index contributed by atoms with van der Waals surface area (Å²) in [6.07, 6.45) is -5.19. The van der Waals surface area contributed by atoms with Crippen LogP contribution < -0.4 is 32.7 Å². The van der Waals surface area contributed by atoms with Gasteiger partial charge in [-0.15, -0.1) is 0 Å². The molecule has 0 aromatic heterocycles. The second-order valence-corrected chi connectivity index (χ2v) is 9.91. The quantitative estimate of drug-likeness (QED) is 0.0789. The van der Waals surface area contributed by atoms with E-state index < -0.39 is 90.4 Å². The van der Waals surface area contributed by atoms with Gasteiger partial charge in [0.1, 0.15) is 29.9 Å². The summed E-state index contributed by atoms with van der Waals surface area (Å²) in [5.41, 5.74) is 11.3. The molecule has 0 radical (unpaired) electrons. The third-order valence-electron chi connectivity index (χ3n) is 6.17. The standard InChI is InChI=1S/C26H40N6O11/c1-11(33)19(28)24(40)31-20(12(2)34)25(41)30-17(10-18(27)37)22(38)29-16(9-14-5-7-15(36)8-6-14)23(39)32-21(13(3)35)26(42)43-4/h5-8,11-13,16-17,19-21,33-36H,9-10,28H2,1-4H3,(H2,27,37)(H,29,38)(H,30,41)(H,31,40)(H,32,39)/t11-,12-,13-,16+,17+,19+,20+,21+/m1/s1. The minimum Gasteiger partial charge on any atom is -0.508 e. The lowest BCUT2D eigenvalue weighted by Crippen LogP contribution is -2.62. The van der Waals surface area contributed by atoms with Crippen LogP contribution in [0.3, 0.4) is 0 Å². The monoisotopic (exact) mass is 612 g/mol. The summed E-state index contributed by atoms with van der Waals surface area (Å²) >= 11 is 0. The summed E-state index contributed by atoms with van der Waals surface area (Å²) in [6.45, 7) is 3.60. The molecule has 0 unspecified atom stereocenters. The number of phenols is 1. The number of phenolic OH excluding ortho intramolecular Hbond substituents is 1. The van der Waals surface area contributed by atoms with Gasteiger partial charge in [-0.05, 0) is 38.5 Å². The minimum absolute atomic E-state index is 0.0768. The Kier molecular flexibility index (Phi) is 14.5. The normalized spacial score (nSPS) is 16.6. The number of hydrogen-bond donors (Lipinski definition) is 10. The Morgan fingerprint density at radius 2 is 1.23 bits per heavy atom. The number of nitrogens with two attached hydrogens (primary N) is 2. The van der Waals surface area contributed by atoms with Gasteiger partial charge in [-0.25, -0.2) is 4.79 Å². The van der Waals surface area contributed by atoms with Crippen LogP contribution >= 0.6 is 0 Å². The number of methoxy groups -OCH3 is 1. The predicted molar refractivity (Wildman–Crippen MR) is 148 cm³/mol. The molecule has 17 nitrogen and oxygen atoms in total. The number of hydrogen-bond acceptors (Lipinski definition) is 12. The van der Waals surface area contributed by atoms with Gasteiger partial charge in [0, 0.05) is 6.42 Å². The van der Waals surface area contributed by atoms with Crippen molar-refractivity contribution in [3.63, 3.8) is 0 Å². The Labute approximate surface area is 247 Å². The molecule has 0 saturated carbocycles. The van der Waals surface area contributed by atoms with E-state index in [9.17, 15) is 49.2 Å². The minimum atomic E-state index is -1.71. The number of nitrogens with one attached hydrogen (secondary N) is 4. The highest BCUT2D eigenvalue weighted by Crippen LogP contribution is 2.12. The fraction of sp³-hybridized carbons (Fsp3) is 0.538. The van der Waals surface area contributed by atoms with E-state index in [1.807, 2.05) is 0 Å². The number of aliphatic hydroxyl groups excluding tert-OH is 3. The summed E-state index contributed by atoms with van der Waals surface area (Å²) in [6, 6.07) is -2.27. The Morgan fingerprint density at radius 3 is 1.70 bits per heavy atom. The van der Waals surface area contributed by atoms with Gasteiger partial charge in [-0.2, -0.15) is 0 Å². The number of ether oxygens (including phenoxy) is 1. The first kappa shape index (κ1) is 36.7. The first-order chi connectivity index (χ1) is 20.0. The van der Waals surface area contributed by atoms with Gasteiger partial charge in [0.2, 0.25) is 29.5 Å². The van der Waals surface area contributed by atoms with E-state index in [1.54, 1.807) is 0 Å².